The predicted molar refractivity (Wildman–Crippen MR) is 112 cm³/mol. The van der Waals surface area contributed by atoms with Crippen molar-refractivity contribution >= 4 is 44.5 Å². The third kappa shape index (κ3) is 3.65. The molecule has 9 heteroatoms. The molecule has 1 aliphatic carbocycles. The molecular formula is C19H19BrFN5OS. The Morgan fingerprint density at radius 3 is 2.89 bits per heavy atom. The van der Waals surface area contributed by atoms with E-state index < -0.39 is 11.4 Å². The van der Waals surface area contributed by atoms with Gasteiger partial charge in [0, 0.05) is 29.4 Å². The topological polar surface area (TPSA) is 93.3 Å². The van der Waals surface area contributed by atoms with Crippen molar-refractivity contribution in [1.82, 2.24) is 9.97 Å². The van der Waals surface area contributed by atoms with Gasteiger partial charge in [0.25, 0.3) is 5.91 Å². The minimum absolute atomic E-state index is 0.0408. The zero-order chi connectivity index (χ0) is 19.7. The van der Waals surface area contributed by atoms with Gasteiger partial charge >= 0.3 is 0 Å². The van der Waals surface area contributed by atoms with E-state index in [0.717, 1.165) is 31.4 Å². The Kier molecular flexibility index (Phi) is 5.37. The molecule has 3 N–H and O–H groups in total. The van der Waals surface area contributed by atoms with Gasteiger partial charge in [-0.2, -0.15) is 0 Å². The number of amides is 1. The molecule has 146 valence electrons. The van der Waals surface area contributed by atoms with Crippen molar-refractivity contribution in [1.29, 1.82) is 0 Å². The molecule has 2 atom stereocenters. The highest BCUT2D eigenvalue weighted by Gasteiger charge is 2.46. The lowest BCUT2D eigenvalue weighted by Crippen LogP contribution is -2.43. The predicted octanol–water partition coefficient (Wildman–Crippen LogP) is 4.08. The molecule has 1 aliphatic heterocycles. The second-order valence-corrected chi connectivity index (χ2v) is 8.96. The lowest BCUT2D eigenvalue weighted by atomic mass is 9.69. The van der Waals surface area contributed by atoms with E-state index >= 15 is 0 Å². The molecule has 0 bridgehead atoms. The first-order valence-corrected chi connectivity index (χ1v) is 10.8. The lowest BCUT2D eigenvalue weighted by Gasteiger charge is -2.44. The number of hydrogen-bond donors (Lipinski definition) is 2. The monoisotopic (exact) mass is 463 g/mol. The summed E-state index contributed by atoms with van der Waals surface area (Å²) < 4.78 is 15.6. The van der Waals surface area contributed by atoms with Crippen molar-refractivity contribution in [2.45, 2.75) is 31.2 Å². The van der Waals surface area contributed by atoms with Gasteiger partial charge in [0.05, 0.1) is 10.0 Å². The summed E-state index contributed by atoms with van der Waals surface area (Å²) >= 11 is 4.77. The van der Waals surface area contributed by atoms with Gasteiger partial charge < -0.3 is 11.1 Å². The van der Waals surface area contributed by atoms with Gasteiger partial charge in [0.1, 0.15) is 5.82 Å². The number of anilines is 1. The van der Waals surface area contributed by atoms with Crippen LogP contribution in [0.15, 0.2) is 40.1 Å². The summed E-state index contributed by atoms with van der Waals surface area (Å²) in [5, 5.41) is 3.25. The fourth-order valence-electron chi connectivity index (χ4n) is 3.98. The van der Waals surface area contributed by atoms with Gasteiger partial charge in [-0.3, -0.25) is 9.79 Å². The van der Waals surface area contributed by atoms with Crippen LogP contribution in [-0.2, 0) is 5.54 Å². The van der Waals surface area contributed by atoms with E-state index in [-0.39, 0.29) is 17.6 Å². The van der Waals surface area contributed by atoms with E-state index in [2.05, 4.69) is 31.2 Å². The molecule has 1 saturated carbocycles. The van der Waals surface area contributed by atoms with Crippen molar-refractivity contribution < 1.29 is 9.18 Å². The van der Waals surface area contributed by atoms with Crippen LogP contribution in [0, 0.1) is 11.7 Å². The van der Waals surface area contributed by atoms with Crippen molar-refractivity contribution in [3.8, 4) is 0 Å². The smallest absolute Gasteiger partial charge is 0.293 e. The van der Waals surface area contributed by atoms with Crippen molar-refractivity contribution in [2.24, 2.45) is 16.6 Å². The molecule has 0 saturated heterocycles. The normalized spacial score (nSPS) is 24.2. The van der Waals surface area contributed by atoms with Gasteiger partial charge in [-0.25, -0.2) is 14.4 Å². The number of nitrogens with one attached hydrogen (secondary N) is 1. The highest BCUT2D eigenvalue weighted by atomic mass is 79.9. The van der Waals surface area contributed by atoms with Crippen LogP contribution in [0.2, 0.25) is 0 Å². The summed E-state index contributed by atoms with van der Waals surface area (Å²) in [7, 11) is 0. The van der Waals surface area contributed by atoms with Gasteiger partial charge in [-0.15, -0.1) is 0 Å². The van der Waals surface area contributed by atoms with Crippen LogP contribution < -0.4 is 11.1 Å². The second-order valence-electron chi connectivity index (χ2n) is 7.00. The second kappa shape index (κ2) is 7.79. The first kappa shape index (κ1) is 19.3. The Balaban J connectivity index is 1.68. The number of benzene rings is 1. The SMILES string of the molecule is NC1=N[C@@]2(c3cc(NC(=O)c4ncc(Br)cn4)ccc3F)CCCC[C@H]2CS1. The average molecular weight is 464 g/mol. The fourth-order valence-corrected chi connectivity index (χ4v) is 5.22. The summed E-state index contributed by atoms with van der Waals surface area (Å²) in [6.07, 6.45) is 6.83. The van der Waals surface area contributed by atoms with Gasteiger partial charge in [0.15, 0.2) is 5.17 Å². The summed E-state index contributed by atoms with van der Waals surface area (Å²) in [4.78, 5) is 25.2. The minimum atomic E-state index is -0.660. The van der Waals surface area contributed by atoms with Gasteiger partial charge in [-0.05, 0) is 52.9 Å². The highest BCUT2D eigenvalue weighted by molar-refractivity contribution is 9.10. The molecule has 28 heavy (non-hydrogen) atoms. The standard InChI is InChI=1S/C19H19BrFN5OS/c20-12-8-23-16(24-9-12)17(27)25-13-4-5-15(21)14(7-13)19-6-2-1-3-11(19)10-28-18(22)26-19/h4-5,7-9,11H,1-3,6,10H2,(H2,22,26)(H,25,27)/t11-,19-/m0/s1. The van der Waals surface area contributed by atoms with E-state index in [9.17, 15) is 9.18 Å². The largest absolute Gasteiger partial charge is 0.379 e. The lowest BCUT2D eigenvalue weighted by molar-refractivity contribution is 0.101. The van der Waals surface area contributed by atoms with Crippen LogP contribution in [0.4, 0.5) is 10.1 Å². The Bertz CT molecular complexity index is 938. The van der Waals surface area contributed by atoms with E-state index in [4.69, 9.17) is 10.7 Å². The molecular weight excluding hydrogens is 445 g/mol. The number of aromatic nitrogens is 2. The summed E-state index contributed by atoms with van der Waals surface area (Å²) in [5.74, 6) is 0.323. The molecule has 0 spiro atoms. The summed E-state index contributed by atoms with van der Waals surface area (Å²) in [6, 6.07) is 4.59. The molecule has 2 aromatic rings. The van der Waals surface area contributed by atoms with Crippen molar-refractivity contribution in [3.63, 3.8) is 0 Å². The van der Waals surface area contributed by atoms with Crippen molar-refractivity contribution in [3.05, 3.63) is 52.3 Å². The number of thioether (sulfide) groups is 1. The molecule has 1 amide bonds. The first-order valence-electron chi connectivity index (χ1n) is 9.05. The van der Waals surface area contributed by atoms with Crippen LogP contribution in [0.5, 0.6) is 0 Å². The number of nitrogens with zero attached hydrogens (tertiary/aromatic N) is 3. The van der Waals surface area contributed by atoms with Crippen LogP contribution >= 0.6 is 27.7 Å². The highest BCUT2D eigenvalue weighted by Crippen LogP contribution is 2.50. The molecule has 1 aromatic carbocycles. The van der Waals surface area contributed by atoms with Crippen LogP contribution in [0.1, 0.15) is 41.9 Å². The van der Waals surface area contributed by atoms with E-state index in [1.807, 2.05) is 0 Å². The summed E-state index contributed by atoms with van der Waals surface area (Å²) in [6.45, 7) is 0. The van der Waals surface area contributed by atoms with Crippen LogP contribution in [0.25, 0.3) is 0 Å². The van der Waals surface area contributed by atoms with Crippen molar-refractivity contribution in [2.75, 3.05) is 11.1 Å². The number of carbonyl (C=O) groups excluding carboxylic acids is 1. The number of amidine groups is 1. The van der Waals surface area contributed by atoms with Crippen LogP contribution in [0.3, 0.4) is 0 Å². The molecule has 1 fully saturated rings. The maximum atomic E-state index is 14.9. The molecule has 6 nitrogen and oxygen atoms in total. The third-order valence-electron chi connectivity index (χ3n) is 5.29. The summed E-state index contributed by atoms with van der Waals surface area (Å²) in [5.41, 5.74) is 6.34. The minimum Gasteiger partial charge on any atom is -0.379 e. The number of nitrogens with two attached hydrogens (primary N) is 1. The fraction of sp³-hybridized carbons (Fsp3) is 0.368. The van der Waals surface area contributed by atoms with E-state index in [1.54, 1.807) is 6.07 Å². The Morgan fingerprint density at radius 2 is 2.11 bits per heavy atom. The quantitative estimate of drug-likeness (QED) is 0.714. The molecule has 1 aromatic heterocycles. The Morgan fingerprint density at radius 1 is 1.32 bits per heavy atom. The molecule has 2 aliphatic rings. The van der Waals surface area contributed by atoms with E-state index in [0.29, 0.717) is 20.9 Å². The number of hydrogen-bond acceptors (Lipinski definition) is 6. The average Bonchev–Trinajstić information content (AvgIpc) is 2.69. The number of rotatable bonds is 3. The number of aliphatic imine (C=N–C) groups is 1. The zero-order valence-electron chi connectivity index (χ0n) is 15.0. The van der Waals surface area contributed by atoms with Crippen LogP contribution in [-0.4, -0.2) is 26.8 Å². The molecule has 2 heterocycles. The number of carbonyl (C=O) groups is 1. The number of fused-ring (bicyclic) bond motifs is 1. The first-order chi connectivity index (χ1) is 13.5. The Hall–Kier alpha value is -2.00. The Labute approximate surface area is 174 Å². The molecule has 0 radical (unpaired) electrons. The van der Waals surface area contributed by atoms with Gasteiger partial charge in [-0.1, -0.05) is 24.6 Å². The maximum Gasteiger partial charge on any atom is 0.293 e. The van der Waals surface area contributed by atoms with E-state index in [1.165, 1.54) is 36.3 Å². The van der Waals surface area contributed by atoms with Gasteiger partial charge in [0.2, 0.25) is 5.82 Å². The molecule has 0 unspecified atom stereocenters. The maximum absolute atomic E-state index is 14.9. The molecule has 4 rings (SSSR count). The third-order valence-corrected chi connectivity index (χ3v) is 6.66. The zero-order valence-corrected chi connectivity index (χ0v) is 17.4. The number of halogens is 2.